The van der Waals surface area contributed by atoms with Crippen LogP contribution in [-0.4, -0.2) is 5.75 Å². The van der Waals surface area contributed by atoms with Gasteiger partial charge in [0, 0.05) is 5.75 Å². The number of allylic oxidation sites excluding steroid dienone is 1. The molecule has 0 N–H and O–H groups in total. The molecule has 0 amide bonds. The van der Waals surface area contributed by atoms with Gasteiger partial charge in [-0.15, -0.1) is 0 Å². The van der Waals surface area contributed by atoms with Crippen molar-refractivity contribution in [2.75, 3.05) is 5.75 Å². The summed E-state index contributed by atoms with van der Waals surface area (Å²) in [5.74, 6) is 1.20. The van der Waals surface area contributed by atoms with Gasteiger partial charge >= 0.3 is 0 Å². The molecule has 0 aliphatic carbocycles. The molecule has 1 rings (SSSR count). The van der Waals surface area contributed by atoms with E-state index in [2.05, 4.69) is 6.08 Å². The van der Waals surface area contributed by atoms with Gasteiger partial charge in [-0.1, -0.05) is 10.8 Å². The van der Waals surface area contributed by atoms with Gasteiger partial charge in [0.25, 0.3) is 0 Å². The van der Waals surface area contributed by atoms with E-state index in [1.807, 2.05) is 0 Å². The van der Waals surface area contributed by atoms with Crippen molar-refractivity contribution in [1.29, 1.82) is 0 Å². The molecule has 0 aromatic carbocycles. The lowest BCUT2D eigenvalue weighted by Gasteiger charge is -2.00. The Hall–Kier alpha value is 0.240. The van der Waals surface area contributed by atoms with Crippen molar-refractivity contribution in [3.05, 3.63) is 12.3 Å². The third-order valence-corrected chi connectivity index (χ3v) is 2.60. The van der Waals surface area contributed by atoms with Gasteiger partial charge in [-0.25, -0.2) is 0 Å². The molecule has 0 fully saturated rings. The van der Waals surface area contributed by atoms with Crippen molar-refractivity contribution >= 4 is 21.9 Å². The first-order valence-electron chi connectivity index (χ1n) is 2.60. The first kappa shape index (κ1) is 6.36. The van der Waals surface area contributed by atoms with Gasteiger partial charge < -0.3 is 4.18 Å². The Balaban J connectivity index is 2.17. The van der Waals surface area contributed by atoms with Crippen molar-refractivity contribution in [1.82, 2.24) is 0 Å². The molecule has 0 spiro atoms. The van der Waals surface area contributed by atoms with E-state index < -0.39 is 0 Å². The van der Waals surface area contributed by atoms with E-state index in [4.69, 9.17) is 4.18 Å². The lowest BCUT2D eigenvalue weighted by atomic mass is 10.3. The van der Waals surface area contributed by atoms with Crippen LogP contribution < -0.4 is 0 Å². The van der Waals surface area contributed by atoms with E-state index in [1.165, 1.54) is 23.2 Å². The Morgan fingerprint density at radius 2 is 2.50 bits per heavy atom. The summed E-state index contributed by atoms with van der Waals surface area (Å²) in [6, 6.07) is 0. The third-order valence-electron chi connectivity index (χ3n) is 0.838. The zero-order valence-electron chi connectivity index (χ0n) is 4.50. The summed E-state index contributed by atoms with van der Waals surface area (Å²) in [5.41, 5.74) is 0. The van der Waals surface area contributed by atoms with Gasteiger partial charge in [-0.05, 0) is 18.9 Å². The summed E-state index contributed by atoms with van der Waals surface area (Å²) in [7, 11) is 1.77. The highest BCUT2D eigenvalue weighted by Gasteiger charge is 1.91. The van der Waals surface area contributed by atoms with Crippen LogP contribution in [0.1, 0.15) is 12.8 Å². The third kappa shape index (κ3) is 2.52. The van der Waals surface area contributed by atoms with E-state index in [1.54, 1.807) is 17.1 Å². The Morgan fingerprint density at radius 3 is 3.50 bits per heavy atom. The molecule has 0 saturated carbocycles. The molecule has 46 valence electrons. The minimum atomic E-state index is 1.16. The minimum Gasteiger partial charge on any atom is -0.422 e. The zero-order valence-corrected chi connectivity index (χ0v) is 6.13. The summed E-state index contributed by atoms with van der Waals surface area (Å²) in [5, 5.41) is 0. The van der Waals surface area contributed by atoms with Crippen LogP contribution in [0.2, 0.25) is 0 Å². The Labute approximate surface area is 57.5 Å². The summed E-state index contributed by atoms with van der Waals surface area (Å²) in [6.07, 6.45) is 6.26. The molecule has 0 aromatic heterocycles. The predicted molar refractivity (Wildman–Crippen MR) is 39.5 cm³/mol. The van der Waals surface area contributed by atoms with Crippen molar-refractivity contribution in [3.8, 4) is 0 Å². The zero-order chi connectivity index (χ0) is 5.66. The van der Waals surface area contributed by atoms with Crippen molar-refractivity contribution in [3.63, 3.8) is 0 Å². The van der Waals surface area contributed by atoms with E-state index in [0.29, 0.717) is 0 Å². The van der Waals surface area contributed by atoms with Crippen molar-refractivity contribution in [2.24, 2.45) is 0 Å². The van der Waals surface area contributed by atoms with Crippen molar-refractivity contribution < 1.29 is 4.18 Å². The van der Waals surface area contributed by atoms with Gasteiger partial charge in [0.05, 0.1) is 6.26 Å². The largest absolute Gasteiger partial charge is 0.422 e. The summed E-state index contributed by atoms with van der Waals surface area (Å²) >= 11 is 1.46. The summed E-state index contributed by atoms with van der Waals surface area (Å²) in [6.45, 7) is 0. The molecule has 3 heteroatoms. The summed E-state index contributed by atoms with van der Waals surface area (Å²) in [4.78, 5) is 0. The van der Waals surface area contributed by atoms with Gasteiger partial charge in [-0.2, -0.15) is 0 Å². The molecule has 0 atom stereocenters. The van der Waals surface area contributed by atoms with E-state index in [0.717, 1.165) is 6.42 Å². The molecule has 1 aliphatic rings. The van der Waals surface area contributed by atoms with Crippen LogP contribution in [0.5, 0.6) is 0 Å². The predicted octanol–water partition coefficient (Wildman–Crippen LogP) is 2.61. The van der Waals surface area contributed by atoms with Crippen molar-refractivity contribution in [2.45, 2.75) is 12.8 Å². The molecule has 1 nitrogen and oxygen atoms in total. The average molecular weight is 148 g/mol. The van der Waals surface area contributed by atoms with E-state index in [-0.39, 0.29) is 0 Å². The van der Waals surface area contributed by atoms with Crippen LogP contribution in [0.4, 0.5) is 0 Å². The quantitative estimate of drug-likeness (QED) is 0.386. The maximum atomic E-state index is 4.97. The van der Waals surface area contributed by atoms with Crippen LogP contribution in [0.3, 0.4) is 0 Å². The number of hydrogen-bond acceptors (Lipinski definition) is 3. The molecule has 1 aliphatic heterocycles. The average Bonchev–Trinajstić information content (AvgIpc) is 1.62. The Morgan fingerprint density at radius 1 is 1.50 bits per heavy atom. The maximum Gasteiger partial charge on any atom is 0.125 e. The highest BCUT2D eigenvalue weighted by atomic mass is 33.1. The second-order valence-electron chi connectivity index (χ2n) is 1.50. The first-order valence-corrected chi connectivity index (χ1v) is 4.84. The second-order valence-corrected chi connectivity index (χ2v) is 3.59. The number of hydrogen-bond donors (Lipinski definition) is 0. The Kier molecular flexibility index (Phi) is 3.30. The molecular weight excluding hydrogens is 140 g/mol. The smallest absolute Gasteiger partial charge is 0.125 e. The van der Waals surface area contributed by atoms with Crippen LogP contribution in [0, 0.1) is 0 Å². The topological polar surface area (TPSA) is 9.23 Å². The highest BCUT2D eigenvalue weighted by Crippen LogP contribution is 2.25. The standard InChI is InChI=1S/C5H8OS2/c1-2-4-6-8-7-5-3-1/h2,4H,1,3,5H2. The highest BCUT2D eigenvalue weighted by molar-refractivity contribution is 8.74. The SMILES string of the molecule is C1=COSSCCC1. The monoisotopic (exact) mass is 148 g/mol. The molecule has 0 saturated heterocycles. The maximum absolute atomic E-state index is 4.97. The molecular formula is C5H8OS2. The minimum absolute atomic E-state index is 1.16. The number of rotatable bonds is 0. The van der Waals surface area contributed by atoms with E-state index >= 15 is 0 Å². The van der Waals surface area contributed by atoms with Gasteiger partial charge in [0.15, 0.2) is 0 Å². The lowest BCUT2D eigenvalue weighted by Crippen LogP contribution is -1.78. The Bertz CT molecular complexity index is 72.5. The van der Waals surface area contributed by atoms with Gasteiger partial charge in [0.1, 0.15) is 11.1 Å². The lowest BCUT2D eigenvalue weighted by molar-refractivity contribution is 0.569. The molecule has 0 unspecified atom stereocenters. The van der Waals surface area contributed by atoms with Crippen LogP contribution >= 0.6 is 21.9 Å². The molecule has 1 heterocycles. The summed E-state index contributed by atoms with van der Waals surface area (Å²) < 4.78 is 4.97. The van der Waals surface area contributed by atoms with Gasteiger partial charge in [-0.3, -0.25) is 0 Å². The second kappa shape index (κ2) is 4.15. The van der Waals surface area contributed by atoms with Crippen LogP contribution in [0.25, 0.3) is 0 Å². The fourth-order valence-electron chi connectivity index (χ4n) is 0.452. The molecule has 0 radical (unpaired) electrons. The molecule has 0 bridgehead atoms. The van der Waals surface area contributed by atoms with E-state index in [9.17, 15) is 0 Å². The first-order chi connectivity index (χ1) is 4.00. The molecule has 8 heavy (non-hydrogen) atoms. The molecule has 0 aromatic rings. The fourth-order valence-corrected chi connectivity index (χ4v) is 1.84. The van der Waals surface area contributed by atoms with Crippen LogP contribution in [0.15, 0.2) is 12.3 Å². The van der Waals surface area contributed by atoms with Crippen LogP contribution in [-0.2, 0) is 4.18 Å². The van der Waals surface area contributed by atoms with Gasteiger partial charge in [0.2, 0.25) is 0 Å². The normalized spacial score (nSPS) is 21.0. The fraction of sp³-hybridized carbons (Fsp3) is 0.600.